The first-order valence-electron chi connectivity index (χ1n) is 4.43. The summed E-state index contributed by atoms with van der Waals surface area (Å²) in [5.74, 6) is -1.33. The Hall–Kier alpha value is -1.61. The van der Waals surface area contributed by atoms with E-state index in [2.05, 4.69) is 5.10 Å². The zero-order chi connectivity index (χ0) is 13.4. The van der Waals surface area contributed by atoms with E-state index in [-0.39, 0.29) is 5.69 Å². The summed E-state index contributed by atoms with van der Waals surface area (Å²) in [7, 11) is 0. The number of rotatable bonds is 3. The van der Waals surface area contributed by atoms with Crippen LogP contribution in [0.3, 0.4) is 0 Å². The minimum absolute atomic E-state index is 0.106. The number of nitrogens with zero attached hydrogens (tertiary/aromatic N) is 1. The number of nitrogens with two attached hydrogens (primary N) is 1. The lowest BCUT2D eigenvalue weighted by molar-refractivity contribution is -0.145. The number of nitrogens with one attached hydrogen (secondary N) is 1. The van der Waals surface area contributed by atoms with Crippen molar-refractivity contribution in [3.63, 3.8) is 0 Å². The van der Waals surface area contributed by atoms with Gasteiger partial charge in [-0.25, -0.2) is 0 Å². The molecule has 0 bridgehead atoms. The van der Waals surface area contributed by atoms with Crippen LogP contribution in [0.25, 0.3) is 0 Å². The zero-order valence-electron chi connectivity index (χ0n) is 8.62. The number of primary amides is 1. The largest absolute Gasteiger partial charge is 0.435 e. The lowest BCUT2D eigenvalue weighted by atomic mass is 10.0. The Labute approximate surface area is 93.2 Å². The van der Waals surface area contributed by atoms with Gasteiger partial charge in [0.05, 0.1) is 0 Å². The molecule has 0 aliphatic carbocycles. The van der Waals surface area contributed by atoms with E-state index in [9.17, 15) is 23.1 Å². The van der Waals surface area contributed by atoms with Crippen molar-refractivity contribution in [1.29, 1.82) is 0 Å². The molecule has 0 saturated carbocycles. The number of hydrogen-bond donors (Lipinski definition) is 4. The fourth-order valence-corrected chi connectivity index (χ4v) is 1.33. The lowest BCUT2D eigenvalue weighted by Gasteiger charge is -2.16. The van der Waals surface area contributed by atoms with E-state index in [0.29, 0.717) is 0 Å². The number of hydrogen-bond acceptors (Lipinski definition) is 4. The maximum atomic E-state index is 12.5. The second kappa shape index (κ2) is 4.34. The van der Waals surface area contributed by atoms with E-state index >= 15 is 0 Å². The number of aromatic amines is 1. The molecule has 0 spiro atoms. The number of carbonyl (C=O) groups excluding carboxylic acids is 1. The summed E-state index contributed by atoms with van der Waals surface area (Å²) in [5, 5.41) is 23.6. The predicted octanol–water partition coefficient (Wildman–Crippen LogP) is -0.383. The Morgan fingerprint density at radius 3 is 2.41 bits per heavy atom. The molecule has 0 aromatic carbocycles. The Morgan fingerprint density at radius 2 is 2.00 bits per heavy atom. The smallest absolute Gasteiger partial charge is 0.385 e. The molecular formula is C8H10F3N3O3. The minimum atomic E-state index is -4.81. The van der Waals surface area contributed by atoms with Crippen LogP contribution < -0.4 is 5.73 Å². The summed E-state index contributed by atoms with van der Waals surface area (Å²) >= 11 is 0. The highest BCUT2D eigenvalue weighted by Gasteiger charge is 2.41. The van der Waals surface area contributed by atoms with Crippen LogP contribution in [0.15, 0.2) is 0 Å². The highest BCUT2D eigenvalue weighted by Crippen LogP contribution is 2.35. The van der Waals surface area contributed by atoms with Crippen LogP contribution in [-0.4, -0.2) is 32.4 Å². The van der Waals surface area contributed by atoms with Crippen molar-refractivity contribution in [2.45, 2.75) is 25.3 Å². The Balaban J connectivity index is 3.22. The molecule has 1 rings (SSSR count). The Bertz CT molecular complexity index is 429. The normalized spacial score (nSPS) is 15.6. The Kier molecular flexibility index (Phi) is 3.43. The molecule has 2 unspecified atom stereocenters. The molecule has 0 fully saturated rings. The summed E-state index contributed by atoms with van der Waals surface area (Å²) in [6, 6.07) is 0. The molecule has 1 amide bonds. The third-order valence-corrected chi connectivity index (χ3v) is 2.15. The molecule has 6 nitrogen and oxygen atoms in total. The molecule has 1 aromatic rings. The molecule has 17 heavy (non-hydrogen) atoms. The molecule has 1 aromatic heterocycles. The van der Waals surface area contributed by atoms with Crippen molar-refractivity contribution >= 4 is 5.91 Å². The lowest BCUT2D eigenvalue weighted by Crippen LogP contribution is -2.34. The quantitative estimate of drug-likeness (QED) is 0.588. The van der Waals surface area contributed by atoms with E-state index in [4.69, 9.17) is 10.8 Å². The maximum Gasteiger partial charge on any atom is 0.435 e. The van der Waals surface area contributed by atoms with Crippen molar-refractivity contribution in [1.82, 2.24) is 10.2 Å². The van der Waals surface area contributed by atoms with E-state index in [1.807, 2.05) is 5.10 Å². The molecule has 96 valence electrons. The molecule has 0 saturated heterocycles. The summed E-state index contributed by atoms with van der Waals surface area (Å²) in [6.07, 6.45) is -9.02. The van der Waals surface area contributed by atoms with Crippen molar-refractivity contribution in [2.75, 3.05) is 0 Å². The summed E-state index contributed by atoms with van der Waals surface area (Å²) in [6.45, 7) is 1.22. The van der Waals surface area contributed by atoms with Crippen LogP contribution in [0.2, 0.25) is 0 Å². The average Bonchev–Trinajstić information content (AvgIpc) is 2.57. The SMILES string of the molecule is Cc1[nH]nc(C(F)(F)F)c1C(O)C(O)C(N)=O. The first kappa shape index (κ1) is 13.5. The van der Waals surface area contributed by atoms with E-state index < -0.39 is 35.5 Å². The van der Waals surface area contributed by atoms with Gasteiger partial charge < -0.3 is 15.9 Å². The molecule has 9 heteroatoms. The number of carbonyl (C=O) groups is 1. The number of aliphatic hydroxyl groups excluding tert-OH is 2. The fourth-order valence-electron chi connectivity index (χ4n) is 1.33. The zero-order valence-corrected chi connectivity index (χ0v) is 8.62. The number of amides is 1. The summed E-state index contributed by atoms with van der Waals surface area (Å²) < 4.78 is 37.5. The van der Waals surface area contributed by atoms with Gasteiger partial charge in [0, 0.05) is 11.3 Å². The van der Waals surface area contributed by atoms with E-state index in [0.717, 1.165) is 0 Å². The van der Waals surface area contributed by atoms with Gasteiger partial charge in [-0.2, -0.15) is 18.3 Å². The average molecular weight is 253 g/mol. The third kappa shape index (κ3) is 2.56. The monoisotopic (exact) mass is 253 g/mol. The molecular weight excluding hydrogens is 243 g/mol. The highest BCUT2D eigenvalue weighted by atomic mass is 19.4. The second-order valence-electron chi connectivity index (χ2n) is 3.40. The van der Waals surface area contributed by atoms with Crippen LogP contribution in [0.4, 0.5) is 13.2 Å². The van der Waals surface area contributed by atoms with Gasteiger partial charge in [0.2, 0.25) is 5.91 Å². The van der Waals surface area contributed by atoms with Gasteiger partial charge in [-0.05, 0) is 6.92 Å². The third-order valence-electron chi connectivity index (χ3n) is 2.15. The van der Waals surface area contributed by atoms with Crippen LogP contribution in [0.5, 0.6) is 0 Å². The first-order valence-corrected chi connectivity index (χ1v) is 4.43. The number of aromatic nitrogens is 2. The van der Waals surface area contributed by atoms with Crippen LogP contribution in [-0.2, 0) is 11.0 Å². The molecule has 0 radical (unpaired) electrons. The van der Waals surface area contributed by atoms with Crippen molar-refractivity contribution in [3.8, 4) is 0 Å². The number of alkyl halides is 3. The van der Waals surface area contributed by atoms with Gasteiger partial charge in [-0.1, -0.05) is 0 Å². The van der Waals surface area contributed by atoms with Gasteiger partial charge in [-0.3, -0.25) is 9.89 Å². The first-order chi connectivity index (χ1) is 7.66. The highest BCUT2D eigenvalue weighted by molar-refractivity contribution is 5.79. The molecule has 0 aliphatic heterocycles. The topological polar surface area (TPSA) is 112 Å². The van der Waals surface area contributed by atoms with Gasteiger partial charge >= 0.3 is 6.18 Å². The summed E-state index contributed by atoms with van der Waals surface area (Å²) in [4.78, 5) is 10.6. The summed E-state index contributed by atoms with van der Waals surface area (Å²) in [5.41, 5.74) is 2.51. The second-order valence-corrected chi connectivity index (χ2v) is 3.40. The molecule has 5 N–H and O–H groups in total. The maximum absolute atomic E-state index is 12.5. The number of H-pyrrole nitrogens is 1. The van der Waals surface area contributed by atoms with Crippen LogP contribution in [0.1, 0.15) is 23.1 Å². The number of aryl methyl sites for hydroxylation is 1. The van der Waals surface area contributed by atoms with Crippen molar-refractivity contribution in [3.05, 3.63) is 17.0 Å². The number of aliphatic hydroxyl groups is 2. The standard InChI is InChI=1S/C8H10F3N3O3/c1-2-3(4(15)5(16)7(12)17)6(14-13-2)8(9,10)11/h4-5,15-16H,1H3,(H2,12,17)(H,13,14). The minimum Gasteiger partial charge on any atom is -0.385 e. The predicted molar refractivity (Wildman–Crippen MR) is 48.5 cm³/mol. The van der Waals surface area contributed by atoms with Gasteiger partial charge in [-0.15, -0.1) is 0 Å². The van der Waals surface area contributed by atoms with Gasteiger partial charge in [0.1, 0.15) is 6.10 Å². The molecule has 1 heterocycles. The van der Waals surface area contributed by atoms with Crippen LogP contribution >= 0.6 is 0 Å². The molecule has 0 aliphatic rings. The fraction of sp³-hybridized carbons (Fsp3) is 0.500. The van der Waals surface area contributed by atoms with Crippen molar-refractivity contribution < 1.29 is 28.2 Å². The Morgan fingerprint density at radius 1 is 1.47 bits per heavy atom. The van der Waals surface area contributed by atoms with Crippen LogP contribution in [0, 0.1) is 6.92 Å². The van der Waals surface area contributed by atoms with E-state index in [1.54, 1.807) is 0 Å². The van der Waals surface area contributed by atoms with Gasteiger partial charge in [0.25, 0.3) is 0 Å². The number of halogens is 3. The van der Waals surface area contributed by atoms with Gasteiger partial charge in [0.15, 0.2) is 11.8 Å². The van der Waals surface area contributed by atoms with Crippen molar-refractivity contribution in [2.24, 2.45) is 5.73 Å². The van der Waals surface area contributed by atoms with E-state index in [1.165, 1.54) is 6.92 Å². The molecule has 2 atom stereocenters.